The lowest BCUT2D eigenvalue weighted by molar-refractivity contribution is 0.313. The second kappa shape index (κ2) is 5.99. The van der Waals surface area contributed by atoms with Crippen LogP contribution in [0, 0.1) is 6.92 Å². The fourth-order valence-electron chi connectivity index (χ4n) is 4.16. The first-order valence-electron chi connectivity index (χ1n) is 9.16. The predicted molar refractivity (Wildman–Crippen MR) is 104 cm³/mol. The summed E-state index contributed by atoms with van der Waals surface area (Å²) < 4.78 is 0. The number of aromatic amines is 1. The first kappa shape index (κ1) is 16.3. The van der Waals surface area contributed by atoms with Gasteiger partial charge in [0.1, 0.15) is 0 Å². The maximum Gasteiger partial charge on any atom is 0.0492 e. The molecule has 1 aliphatic rings. The number of H-pyrrole nitrogens is 1. The van der Waals surface area contributed by atoms with Crippen molar-refractivity contribution in [2.45, 2.75) is 45.6 Å². The molecule has 0 fully saturated rings. The Balaban J connectivity index is 1.80. The zero-order chi connectivity index (χ0) is 17.6. The van der Waals surface area contributed by atoms with E-state index in [0.29, 0.717) is 0 Å². The Hall–Kier alpha value is -2.13. The Bertz CT molecular complexity index is 906. The number of hydrogen-bond acceptors (Lipinski definition) is 2. The van der Waals surface area contributed by atoms with Crippen LogP contribution in [0.5, 0.6) is 0 Å². The van der Waals surface area contributed by atoms with Crippen molar-refractivity contribution in [3.8, 4) is 0 Å². The molecule has 0 spiro atoms. The minimum atomic E-state index is 0.0530. The van der Waals surface area contributed by atoms with Crippen molar-refractivity contribution in [1.29, 1.82) is 0 Å². The van der Waals surface area contributed by atoms with E-state index in [1.54, 1.807) is 0 Å². The molecule has 130 valence electrons. The molecule has 0 radical (unpaired) electrons. The molecule has 0 bridgehead atoms. The number of nitrogens with one attached hydrogen (secondary N) is 1. The largest absolute Gasteiger partial charge is 0.358 e. The summed E-state index contributed by atoms with van der Waals surface area (Å²) >= 11 is 0. The summed E-state index contributed by atoms with van der Waals surface area (Å²) in [6, 6.07) is 8.93. The van der Waals surface area contributed by atoms with Crippen molar-refractivity contribution in [2.24, 2.45) is 0 Å². The first-order valence-corrected chi connectivity index (χ1v) is 9.16. The van der Waals surface area contributed by atoms with E-state index < -0.39 is 0 Å². The summed E-state index contributed by atoms with van der Waals surface area (Å²) in [4.78, 5) is 10.5. The molecule has 2 aromatic heterocycles. The summed E-state index contributed by atoms with van der Waals surface area (Å²) in [5, 5.41) is 1.42. The number of likely N-dealkylation sites (N-methyl/N-ethyl adjacent to an activating group) is 1. The molecule has 1 aromatic carbocycles. The Labute approximate surface area is 150 Å². The molecule has 0 unspecified atom stereocenters. The lowest BCUT2D eigenvalue weighted by Crippen LogP contribution is -2.25. The summed E-state index contributed by atoms with van der Waals surface area (Å²) in [5.41, 5.74) is 8.37. The predicted octanol–water partition coefficient (Wildman–Crippen LogP) is 4.38. The van der Waals surface area contributed by atoms with Gasteiger partial charge in [-0.25, -0.2) is 0 Å². The quantitative estimate of drug-likeness (QED) is 0.771. The van der Waals surface area contributed by atoms with Crippen molar-refractivity contribution in [3.05, 3.63) is 64.6 Å². The normalized spacial score (nSPS) is 15.5. The number of nitrogens with zero attached hydrogens (tertiary/aromatic N) is 2. The van der Waals surface area contributed by atoms with Gasteiger partial charge >= 0.3 is 0 Å². The van der Waals surface area contributed by atoms with Gasteiger partial charge in [-0.3, -0.25) is 4.98 Å². The van der Waals surface area contributed by atoms with Crippen molar-refractivity contribution < 1.29 is 0 Å². The van der Waals surface area contributed by atoms with Gasteiger partial charge in [-0.15, -0.1) is 0 Å². The summed E-state index contributed by atoms with van der Waals surface area (Å²) in [7, 11) is 2.21. The van der Waals surface area contributed by atoms with E-state index >= 15 is 0 Å². The fourth-order valence-corrected chi connectivity index (χ4v) is 4.16. The van der Waals surface area contributed by atoms with Gasteiger partial charge in [0.2, 0.25) is 0 Å². The van der Waals surface area contributed by atoms with Crippen LogP contribution in [0.15, 0.2) is 36.7 Å². The second-order valence-corrected chi connectivity index (χ2v) is 8.22. The van der Waals surface area contributed by atoms with E-state index in [2.05, 4.69) is 60.9 Å². The SMILES string of the molecule is Cc1cc(CC(C)(C)c2cccnc2)c2[nH]c3c(c2c1)CN(C)CC3. The van der Waals surface area contributed by atoms with Crippen molar-refractivity contribution in [3.63, 3.8) is 0 Å². The zero-order valence-corrected chi connectivity index (χ0v) is 15.7. The highest BCUT2D eigenvalue weighted by molar-refractivity contribution is 5.88. The number of pyridine rings is 1. The highest BCUT2D eigenvalue weighted by Crippen LogP contribution is 2.34. The Morgan fingerprint density at radius 2 is 2.12 bits per heavy atom. The zero-order valence-electron chi connectivity index (χ0n) is 15.7. The van der Waals surface area contributed by atoms with Crippen molar-refractivity contribution in [2.75, 3.05) is 13.6 Å². The summed E-state index contributed by atoms with van der Waals surface area (Å²) in [6.07, 6.45) is 5.97. The minimum Gasteiger partial charge on any atom is -0.358 e. The van der Waals surface area contributed by atoms with Crippen LogP contribution < -0.4 is 0 Å². The third-order valence-electron chi connectivity index (χ3n) is 5.58. The fraction of sp³-hybridized carbons (Fsp3) is 0.409. The van der Waals surface area contributed by atoms with Crippen LogP contribution >= 0.6 is 0 Å². The number of aromatic nitrogens is 2. The molecule has 25 heavy (non-hydrogen) atoms. The van der Waals surface area contributed by atoms with Crippen LogP contribution in [0.1, 0.15) is 41.8 Å². The second-order valence-electron chi connectivity index (χ2n) is 8.22. The third-order valence-corrected chi connectivity index (χ3v) is 5.58. The lowest BCUT2D eigenvalue weighted by Gasteiger charge is -2.25. The van der Waals surface area contributed by atoms with Crippen LogP contribution in [0.2, 0.25) is 0 Å². The van der Waals surface area contributed by atoms with Crippen LogP contribution in [0.25, 0.3) is 10.9 Å². The molecule has 0 saturated heterocycles. The monoisotopic (exact) mass is 333 g/mol. The average Bonchev–Trinajstić information content (AvgIpc) is 2.93. The van der Waals surface area contributed by atoms with Crippen molar-refractivity contribution in [1.82, 2.24) is 14.9 Å². The molecular formula is C22H27N3. The van der Waals surface area contributed by atoms with Crippen molar-refractivity contribution >= 4 is 10.9 Å². The van der Waals surface area contributed by atoms with Gasteiger partial charge in [-0.1, -0.05) is 31.5 Å². The molecule has 3 heterocycles. The third kappa shape index (κ3) is 2.98. The maximum absolute atomic E-state index is 4.32. The van der Waals surface area contributed by atoms with E-state index in [4.69, 9.17) is 0 Å². The first-order chi connectivity index (χ1) is 11.9. The molecule has 3 heteroatoms. The van der Waals surface area contributed by atoms with E-state index in [1.165, 1.54) is 38.9 Å². The number of rotatable bonds is 3. The molecule has 1 N–H and O–H groups in total. The highest BCUT2D eigenvalue weighted by Gasteiger charge is 2.25. The minimum absolute atomic E-state index is 0.0530. The molecule has 0 aliphatic carbocycles. The van der Waals surface area contributed by atoms with Crippen LogP contribution in [-0.2, 0) is 24.8 Å². The molecule has 1 aliphatic heterocycles. The summed E-state index contributed by atoms with van der Waals surface area (Å²) in [5.74, 6) is 0. The van der Waals surface area contributed by atoms with Gasteiger partial charge in [0, 0.05) is 48.5 Å². The molecule has 0 atom stereocenters. The summed E-state index contributed by atoms with van der Waals surface area (Å²) in [6.45, 7) is 9.02. The Kier molecular flexibility index (Phi) is 3.92. The Morgan fingerprint density at radius 1 is 1.28 bits per heavy atom. The van der Waals surface area contributed by atoms with Gasteiger partial charge in [0.15, 0.2) is 0 Å². The maximum atomic E-state index is 4.32. The molecule has 3 aromatic rings. The molecular weight excluding hydrogens is 306 g/mol. The highest BCUT2D eigenvalue weighted by atomic mass is 15.1. The van der Waals surface area contributed by atoms with Gasteiger partial charge in [0.25, 0.3) is 0 Å². The van der Waals surface area contributed by atoms with Crippen LogP contribution in [0.3, 0.4) is 0 Å². The van der Waals surface area contributed by atoms with Gasteiger partial charge in [-0.2, -0.15) is 0 Å². The van der Waals surface area contributed by atoms with E-state index in [-0.39, 0.29) is 5.41 Å². The molecule has 3 nitrogen and oxygen atoms in total. The van der Waals surface area contributed by atoms with Gasteiger partial charge < -0.3 is 9.88 Å². The number of fused-ring (bicyclic) bond motifs is 3. The topological polar surface area (TPSA) is 31.9 Å². The van der Waals surface area contributed by atoms with Crippen LogP contribution in [-0.4, -0.2) is 28.5 Å². The Morgan fingerprint density at radius 3 is 2.88 bits per heavy atom. The van der Waals surface area contributed by atoms with E-state index in [0.717, 1.165) is 25.9 Å². The van der Waals surface area contributed by atoms with Gasteiger partial charge in [0.05, 0.1) is 0 Å². The van der Waals surface area contributed by atoms with Gasteiger partial charge in [-0.05, 0) is 54.6 Å². The molecule has 0 saturated carbocycles. The average molecular weight is 333 g/mol. The van der Waals surface area contributed by atoms with E-state index in [1.807, 2.05) is 18.5 Å². The lowest BCUT2D eigenvalue weighted by atomic mass is 9.79. The number of aryl methyl sites for hydroxylation is 1. The molecule has 4 rings (SSSR count). The van der Waals surface area contributed by atoms with Crippen LogP contribution in [0.4, 0.5) is 0 Å². The van der Waals surface area contributed by atoms with E-state index in [9.17, 15) is 0 Å². The smallest absolute Gasteiger partial charge is 0.0492 e. The standard InChI is InChI=1S/C22H27N3/c1-15-10-16(12-22(2,3)17-6-5-8-23-13-17)21-18(11-15)19-14-25(4)9-7-20(19)24-21/h5-6,8,10-11,13,24H,7,9,12,14H2,1-4H3. The molecule has 0 amide bonds. The number of benzene rings is 1. The number of hydrogen-bond donors (Lipinski definition) is 1.